The average molecular weight is 420 g/mol. The summed E-state index contributed by atoms with van der Waals surface area (Å²) in [6, 6.07) is 18.0. The van der Waals surface area contributed by atoms with Gasteiger partial charge in [0, 0.05) is 18.9 Å². The van der Waals surface area contributed by atoms with Gasteiger partial charge in [-0.2, -0.15) is 4.98 Å². The monoisotopic (exact) mass is 420 g/mol. The number of pyridine rings is 1. The third kappa shape index (κ3) is 4.11. The smallest absolute Gasteiger partial charge is 0.292 e. The van der Waals surface area contributed by atoms with Crippen molar-refractivity contribution in [3.8, 4) is 11.5 Å². The quantitative estimate of drug-likeness (QED) is 0.510. The molecule has 0 fully saturated rings. The van der Waals surface area contributed by atoms with Crippen molar-refractivity contribution < 1.29 is 17.7 Å². The summed E-state index contributed by atoms with van der Waals surface area (Å²) in [7, 11) is -3.58. The fourth-order valence-corrected chi connectivity index (χ4v) is 3.99. The first kappa shape index (κ1) is 19.5. The van der Waals surface area contributed by atoms with Crippen molar-refractivity contribution >= 4 is 15.7 Å². The lowest BCUT2D eigenvalue weighted by atomic mass is 10.2. The predicted octanol–water partition coefficient (Wildman–Crippen LogP) is 2.89. The van der Waals surface area contributed by atoms with Crippen LogP contribution < -0.4 is 5.32 Å². The number of nitrogens with zero attached hydrogens (tertiary/aromatic N) is 3. The van der Waals surface area contributed by atoms with Gasteiger partial charge < -0.3 is 9.84 Å². The SMILES string of the molecule is O=C(NCc1ccc(S(=O)(=O)c2ccccc2)cc1)c1noc(-c2cccnc2)n1. The average Bonchev–Trinajstić information content (AvgIpc) is 3.29. The van der Waals surface area contributed by atoms with Gasteiger partial charge in [0.1, 0.15) is 0 Å². The second-order valence-corrected chi connectivity index (χ2v) is 8.26. The van der Waals surface area contributed by atoms with E-state index in [1.165, 1.54) is 12.1 Å². The maximum Gasteiger partial charge on any atom is 0.292 e. The van der Waals surface area contributed by atoms with Crippen LogP contribution in [0.4, 0.5) is 0 Å². The van der Waals surface area contributed by atoms with E-state index >= 15 is 0 Å². The largest absolute Gasteiger partial charge is 0.345 e. The molecule has 30 heavy (non-hydrogen) atoms. The van der Waals surface area contributed by atoms with Crippen molar-refractivity contribution in [3.63, 3.8) is 0 Å². The van der Waals surface area contributed by atoms with Crippen LogP contribution in [0.5, 0.6) is 0 Å². The van der Waals surface area contributed by atoms with E-state index in [0.717, 1.165) is 5.56 Å². The van der Waals surface area contributed by atoms with Crippen LogP contribution in [0.3, 0.4) is 0 Å². The van der Waals surface area contributed by atoms with E-state index in [2.05, 4.69) is 20.4 Å². The van der Waals surface area contributed by atoms with E-state index in [9.17, 15) is 13.2 Å². The number of hydrogen-bond acceptors (Lipinski definition) is 7. The normalized spacial score (nSPS) is 11.2. The number of rotatable bonds is 6. The molecular formula is C21H16N4O4S. The van der Waals surface area contributed by atoms with Crippen LogP contribution in [-0.4, -0.2) is 29.4 Å². The van der Waals surface area contributed by atoms with Crippen molar-refractivity contribution in [1.29, 1.82) is 0 Å². The minimum atomic E-state index is -3.58. The number of hydrogen-bond donors (Lipinski definition) is 1. The number of sulfone groups is 1. The van der Waals surface area contributed by atoms with Gasteiger partial charge >= 0.3 is 0 Å². The summed E-state index contributed by atoms with van der Waals surface area (Å²) in [6.07, 6.45) is 3.17. The van der Waals surface area contributed by atoms with Gasteiger partial charge in [-0.3, -0.25) is 9.78 Å². The highest BCUT2D eigenvalue weighted by molar-refractivity contribution is 7.91. The number of nitrogens with one attached hydrogen (secondary N) is 1. The molecule has 4 aromatic rings. The lowest BCUT2D eigenvalue weighted by Gasteiger charge is -2.06. The Morgan fingerprint density at radius 3 is 2.37 bits per heavy atom. The Morgan fingerprint density at radius 1 is 0.933 bits per heavy atom. The molecule has 0 aliphatic carbocycles. The molecule has 150 valence electrons. The molecule has 0 saturated carbocycles. The Kier molecular flexibility index (Phi) is 5.36. The first-order valence-corrected chi connectivity index (χ1v) is 10.4. The van der Waals surface area contributed by atoms with E-state index in [0.29, 0.717) is 5.56 Å². The number of benzene rings is 2. The highest BCUT2D eigenvalue weighted by Gasteiger charge is 2.18. The summed E-state index contributed by atoms with van der Waals surface area (Å²) < 4.78 is 30.3. The molecule has 0 saturated heterocycles. The Balaban J connectivity index is 1.41. The van der Waals surface area contributed by atoms with Gasteiger partial charge in [-0.1, -0.05) is 35.5 Å². The standard InChI is InChI=1S/C21H16N4O4S/c26-20(19-24-21(29-25-19)16-5-4-12-22-14-16)23-13-15-8-10-18(11-9-15)30(27,28)17-6-2-1-3-7-17/h1-12,14H,13H2,(H,23,26). The molecule has 0 atom stereocenters. The number of carbonyl (C=O) groups excluding carboxylic acids is 1. The van der Waals surface area contributed by atoms with Crippen molar-refractivity contribution in [2.24, 2.45) is 0 Å². The Labute approximate surface area is 172 Å². The van der Waals surface area contributed by atoms with Gasteiger partial charge in [0.05, 0.1) is 15.4 Å². The Hall–Kier alpha value is -3.85. The maximum atomic E-state index is 12.6. The lowest BCUT2D eigenvalue weighted by molar-refractivity contribution is 0.0937. The fourth-order valence-electron chi connectivity index (χ4n) is 2.71. The zero-order valence-corrected chi connectivity index (χ0v) is 16.4. The number of aromatic nitrogens is 3. The highest BCUT2D eigenvalue weighted by Crippen LogP contribution is 2.21. The molecule has 2 aromatic carbocycles. The molecule has 4 rings (SSSR count). The van der Waals surface area contributed by atoms with Gasteiger partial charge in [0.25, 0.3) is 17.6 Å². The van der Waals surface area contributed by atoms with Gasteiger partial charge in [-0.05, 0) is 42.0 Å². The highest BCUT2D eigenvalue weighted by atomic mass is 32.2. The van der Waals surface area contributed by atoms with E-state index in [-0.39, 0.29) is 28.1 Å². The molecular weight excluding hydrogens is 404 g/mol. The third-order valence-corrected chi connectivity index (χ3v) is 6.06. The Morgan fingerprint density at radius 2 is 1.67 bits per heavy atom. The van der Waals surface area contributed by atoms with Crippen LogP contribution in [0, 0.1) is 0 Å². The molecule has 0 aliphatic heterocycles. The zero-order valence-electron chi connectivity index (χ0n) is 15.6. The van der Waals surface area contributed by atoms with Crippen LogP contribution in [0.2, 0.25) is 0 Å². The van der Waals surface area contributed by atoms with Crippen LogP contribution in [0.25, 0.3) is 11.5 Å². The lowest BCUT2D eigenvalue weighted by Crippen LogP contribution is -2.24. The number of carbonyl (C=O) groups is 1. The van der Waals surface area contributed by atoms with Crippen LogP contribution in [0.15, 0.2) is 93.4 Å². The molecule has 0 aliphatic rings. The molecule has 1 amide bonds. The van der Waals surface area contributed by atoms with Crippen LogP contribution >= 0.6 is 0 Å². The van der Waals surface area contributed by atoms with Gasteiger partial charge in [0.15, 0.2) is 0 Å². The first-order valence-electron chi connectivity index (χ1n) is 8.95. The van der Waals surface area contributed by atoms with Crippen molar-refractivity contribution in [2.75, 3.05) is 0 Å². The van der Waals surface area contributed by atoms with Gasteiger partial charge in [-0.15, -0.1) is 0 Å². The minimum absolute atomic E-state index is 0.0999. The Bertz CT molecular complexity index is 1260. The summed E-state index contributed by atoms with van der Waals surface area (Å²) in [5.41, 5.74) is 1.34. The first-order chi connectivity index (χ1) is 14.5. The summed E-state index contributed by atoms with van der Waals surface area (Å²) in [5.74, 6) is -0.407. The maximum absolute atomic E-state index is 12.6. The van der Waals surface area contributed by atoms with E-state index in [4.69, 9.17) is 4.52 Å². The van der Waals surface area contributed by atoms with Crippen LogP contribution in [-0.2, 0) is 16.4 Å². The second kappa shape index (κ2) is 8.26. The van der Waals surface area contributed by atoms with Crippen molar-refractivity contribution in [3.05, 3.63) is 90.5 Å². The summed E-state index contributed by atoms with van der Waals surface area (Å²) >= 11 is 0. The van der Waals surface area contributed by atoms with Crippen molar-refractivity contribution in [2.45, 2.75) is 16.3 Å². The molecule has 2 heterocycles. The molecule has 0 radical (unpaired) electrons. The fraction of sp³-hybridized carbons (Fsp3) is 0.0476. The molecule has 2 aromatic heterocycles. The summed E-state index contributed by atoms with van der Waals surface area (Å²) in [4.78, 5) is 20.7. The third-order valence-electron chi connectivity index (χ3n) is 4.28. The topological polar surface area (TPSA) is 115 Å². The molecule has 0 bridgehead atoms. The minimum Gasteiger partial charge on any atom is -0.345 e. The van der Waals surface area contributed by atoms with E-state index < -0.39 is 15.7 Å². The van der Waals surface area contributed by atoms with Crippen molar-refractivity contribution in [1.82, 2.24) is 20.4 Å². The van der Waals surface area contributed by atoms with Gasteiger partial charge in [-0.25, -0.2) is 8.42 Å². The summed E-state index contributed by atoms with van der Waals surface area (Å²) in [6.45, 7) is 0.182. The molecule has 0 unspecified atom stereocenters. The summed E-state index contributed by atoms with van der Waals surface area (Å²) in [5, 5.41) is 6.36. The molecule has 8 nitrogen and oxygen atoms in total. The van der Waals surface area contributed by atoms with Crippen LogP contribution in [0.1, 0.15) is 16.2 Å². The zero-order chi connectivity index (χ0) is 21.0. The van der Waals surface area contributed by atoms with Gasteiger partial charge in [0.2, 0.25) is 9.84 Å². The second-order valence-electron chi connectivity index (χ2n) is 6.31. The molecule has 1 N–H and O–H groups in total. The molecule has 9 heteroatoms. The van der Waals surface area contributed by atoms with E-state index in [1.54, 1.807) is 67.0 Å². The predicted molar refractivity (Wildman–Crippen MR) is 107 cm³/mol. The van der Waals surface area contributed by atoms with E-state index in [1.807, 2.05) is 0 Å². The number of amides is 1. The molecule has 0 spiro atoms.